The molecule has 2 heterocycles. The summed E-state index contributed by atoms with van der Waals surface area (Å²) in [6.07, 6.45) is 1.70. The third-order valence-corrected chi connectivity index (χ3v) is 14.6. The number of amides is 12. The minimum Gasteiger partial charge on any atom is -0.480 e. The first-order chi connectivity index (χ1) is 43.7. The number of carboxylic acids is 1. The van der Waals surface area contributed by atoms with E-state index in [2.05, 4.69) is 62.8 Å². The summed E-state index contributed by atoms with van der Waals surface area (Å²) in [4.78, 5) is 184. The molecule has 0 aliphatic rings. The van der Waals surface area contributed by atoms with Gasteiger partial charge < -0.3 is 85.9 Å². The van der Waals surface area contributed by atoms with E-state index in [1.807, 2.05) is 0 Å². The van der Waals surface area contributed by atoms with E-state index < -0.39 is 163 Å². The number of hydrogen-bond donors (Lipinski definition) is 16. The molecule has 494 valence electrons. The number of aromatic amines is 2. The van der Waals surface area contributed by atoms with Gasteiger partial charge in [0.05, 0.1) is 25.3 Å². The molecule has 0 fully saturated rings. The molecule has 5 aromatic rings. The van der Waals surface area contributed by atoms with Gasteiger partial charge in [0.15, 0.2) is 0 Å². The van der Waals surface area contributed by atoms with E-state index in [0.717, 1.165) is 5.52 Å². The Balaban J connectivity index is 1.30. The van der Waals surface area contributed by atoms with Gasteiger partial charge in [0, 0.05) is 67.5 Å². The van der Waals surface area contributed by atoms with Crippen LogP contribution in [0.1, 0.15) is 88.6 Å². The van der Waals surface area contributed by atoms with Crippen LogP contribution in [-0.4, -0.2) is 158 Å². The Labute approximate surface area is 529 Å². The molecule has 0 saturated heterocycles. The summed E-state index contributed by atoms with van der Waals surface area (Å²) >= 11 is 0. The maximum atomic E-state index is 14.5. The fraction of sp³-hybridized carbons (Fsp3) is 0.419. The molecular formula is C62H82N16O14. The molecule has 0 saturated carbocycles. The largest absolute Gasteiger partial charge is 0.480 e. The summed E-state index contributed by atoms with van der Waals surface area (Å²) in [5.41, 5.74) is 25.3. The van der Waals surface area contributed by atoms with Crippen molar-refractivity contribution < 1.29 is 67.4 Å². The Bertz CT molecular complexity index is 3380. The molecule has 5 rings (SSSR count). The Hall–Kier alpha value is -10.5. The Morgan fingerprint density at radius 1 is 0.500 bits per heavy atom. The van der Waals surface area contributed by atoms with E-state index >= 15 is 0 Å². The number of carbonyl (C=O) groups is 13. The van der Waals surface area contributed by atoms with Crippen LogP contribution in [-0.2, 0) is 88.0 Å². The topological polar surface area (TPSA) is 499 Å². The monoisotopic (exact) mass is 1270 g/mol. The van der Waals surface area contributed by atoms with Crippen molar-refractivity contribution in [1.82, 2.24) is 62.8 Å². The van der Waals surface area contributed by atoms with Gasteiger partial charge in [-0.25, -0.2) is 9.78 Å². The molecule has 0 radical (unpaired) electrons. The predicted octanol–water partition coefficient (Wildman–Crippen LogP) is -2.32. The van der Waals surface area contributed by atoms with Crippen LogP contribution in [0.2, 0.25) is 0 Å². The Morgan fingerprint density at radius 3 is 1.53 bits per heavy atom. The van der Waals surface area contributed by atoms with Gasteiger partial charge in [-0.15, -0.1) is 0 Å². The van der Waals surface area contributed by atoms with Crippen LogP contribution in [0.4, 0.5) is 0 Å². The van der Waals surface area contributed by atoms with E-state index in [9.17, 15) is 67.4 Å². The number of H-pyrrole nitrogens is 2. The summed E-state index contributed by atoms with van der Waals surface area (Å²) in [7, 11) is 0. The number of nitrogens with zero attached hydrogens (tertiary/aromatic N) is 1. The first-order valence-electron chi connectivity index (χ1n) is 29.8. The number of hydrogen-bond acceptors (Lipinski definition) is 15. The third kappa shape index (κ3) is 23.8. The second kappa shape index (κ2) is 35.6. The van der Waals surface area contributed by atoms with Gasteiger partial charge >= 0.3 is 5.97 Å². The first-order valence-corrected chi connectivity index (χ1v) is 29.8. The number of primary amides is 3. The molecule has 0 bridgehead atoms. The van der Waals surface area contributed by atoms with Gasteiger partial charge in [-0.1, -0.05) is 107 Å². The first kappa shape index (κ1) is 72.2. The van der Waals surface area contributed by atoms with E-state index in [1.165, 1.54) is 12.5 Å². The molecule has 12 amide bonds. The molecule has 2 aromatic heterocycles. The highest BCUT2D eigenvalue weighted by Crippen LogP contribution is 2.20. The van der Waals surface area contributed by atoms with Gasteiger partial charge in [0.2, 0.25) is 70.9 Å². The normalized spacial score (nSPS) is 14.1. The summed E-state index contributed by atoms with van der Waals surface area (Å²) in [5.74, 6) is -13.3. The number of benzene rings is 3. The maximum absolute atomic E-state index is 14.5. The molecule has 9 atom stereocenters. The third-order valence-electron chi connectivity index (χ3n) is 14.6. The second-order valence-electron chi connectivity index (χ2n) is 22.9. The fourth-order valence-electron chi connectivity index (χ4n) is 9.74. The lowest BCUT2D eigenvalue weighted by Crippen LogP contribution is -2.61. The highest BCUT2D eigenvalue weighted by Gasteiger charge is 2.36. The van der Waals surface area contributed by atoms with E-state index in [1.54, 1.807) is 119 Å². The smallest absolute Gasteiger partial charge is 0.326 e. The van der Waals surface area contributed by atoms with Gasteiger partial charge in [0.25, 0.3) is 0 Å². The van der Waals surface area contributed by atoms with E-state index in [0.29, 0.717) is 27.8 Å². The van der Waals surface area contributed by atoms with Gasteiger partial charge in [-0.05, 0) is 53.9 Å². The van der Waals surface area contributed by atoms with Crippen LogP contribution in [0.3, 0.4) is 0 Å². The van der Waals surface area contributed by atoms with Crippen molar-refractivity contribution in [3.05, 3.63) is 126 Å². The lowest BCUT2D eigenvalue weighted by atomic mass is 9.98. The highest BCUT2D eigenvalue weighted by atomic mass is 16.4. The second-order valence-corrected chi connectivity index (χ2v) is 22.9. The van der Waals surface area contributed by atoms with Crippen molar-refractivity contribution in [3.8, 4) is 0 Å². The van der Waals surface area contributed by atoms with Crippen molar-refractivity contribution in [3.63, 3.8) is 0 Å². The van der Waals surface area contributed by atoms with Crippen molar-refractivity contribution in [2.45, 2.75) is 146 Å². The standard InChI is InChI=1S/C62H82N16O14/c1-33(2)23-44(76-61(90)53(34(3)4)78-56(85)43(20-22-50(65)80)72-54(83)40(63)27-38-30-67-32-70-38)57(86)74-46(25-36-15-9-6-10-16-36)59(88)73-42(19-21-49(64)79)55(84)69-31-52(82)71-45(24-35-13-7-5-8-14-35)58(87)75-47(28-51(66)81)60(89)77-48(62(91)92)26-37-29-68-41-18-12-11-17-39(37)41/h5-18,29-30,32-34,40,42-48,53,68H,19-28,31,63H2,1-4H3,(H2,64,79)(H2,65,80)(H2,66,81)(H,67,70)(H,69,84)(H,71,82)(H,72,83)(H,73,88)(H,74,86)(H,75,87)(H,76,90)(H,77,89)(H,78,85)(H,91,92)/t40-,42-,43-,44-,45-,46-,47-,48-,53-/m0/s1. The number of imidazole rings is 1. The zero-order valence-corrected chi connectivity index (χ0v) is 51.5. The van der Waals surface area contributed by atoms with E-state index in [-0.39, 0.29) is 50.9 Å². The number of aromatic nitrogens is 3. The van der Waals surface area contributed by atoms with Crippen molar-refractivity contribution in [2.24, 2.45) is 34.8 Å². The average Bonchev–Trinajstić information content (AvgIpc) is 1.66. The van der Waals surface area contributed by atoms with Crippen LogP contribution in [0, 0.1) is 11.8 Å². The van der Waals surface area contributed by atoms with E-state index in [4.69, 9.17) is 22.9 Å². The van der Waals surface area contributed by atoms with Gasteiger partial charge in [-0.3, -0.25) is 57.5 Å². The maximum Gasteiger partial charge on any atom is 0.326 e. The van der Waals surface area contributed by atoms with Crippen molar-refractivity contribution in [2.75, 3.05) is 6.54 Å². The van der Waals surface area contributed by atoms with Crippen LogP contribution in [0.15, 0.2) is 104 Å². The zero-order chi connectivity index (χ0) is 67.6. The number of para-hydroxylation sites is 1. The number of rotatable bonds is 38. The highest BCUT2D eigenvalue weighted by molar-refractivity contribution is 5.99. The number of fused-ring (bicyclic) bond motifs is 1. The Kier molecular flexibility index (Phi) is 28.0. The van der Waals surface area contributed by atoms with Crippen LogP contribution < -0.4 is 70.8 Å². The van der Waals surface area contributed by atoms with Crippen molar-refractivity contribution in [1.29, 1.82) is 0 Å². The molecule has 3 aromatic carbocycles. The summed E-state index contributed by atoms with van der Waals surface area (Å²) in [6, 6.07) is 10.7. The van der Waals surface area contributed by atoms with Crippen molar-refractivity contribution >= 4 is 87.8 Å². The minimum atomic E-state index is -1.73. The molecule has 92 heavy (non-hydrogen) atoms. The zero-order valence-electron chi connectivity index (χ0n) is 51.5. The lowest BCUT2D eigenvalue weighted by molar-refractivity contribution is -0.142. The molecule has 0 aliphatic heterocycles. The summed E-state index contributed by atoms with van der Waals surface area (Å²) in [5, 5.41) is 33.6. The number of carboxylic acid groups (broad SMARTS) is 1. The molecule has 0 spiro atoms. The lowest BCUT2D eigenvalue weighted by Gasteiger charge is -2.29. The molecule has 30 heteroatoms. The predicted molar refractivity (Wildman–Crippen MR) is 334 cm³/mol. The SMILES string of the molecule is CC(C)C[C@H](NC(=O)[C@@H](NC(=O)[C@H](CCC(N)=O)NC(=O)[C@@H](N)Cc1cnc[nH]1)C(C)C)C(=O)N[C@@H](Cc1ccccc1)C(=O)N[C@@H](CCC(N)=O)C(=O)NCC(=O)N[C@@H](Cc1ccccc1)C(=O)N[C@@H](CC(N)=O)C(=O)N[C@@H](Cc1c[nH]c2ccccc12)C(=O)O. The van der Waals surface area contributed by atoms with Gasteiger partial charge in [-0.2, -0.15) is 0 Å². The molecule has 20 N–H and O–H groups in total. The molecule has 30 nitrogen and oxygen atoms in total. The van der Waals surface area contributed by atoms with Crippen LogP contribution in [0.25, 0.3) is 10.9 Å². The number of carbonyl (C=O) groups excluding carboxylic acids is 12. The number of nitrogens with one attached hydrogen (secondary N) is 11. The summed E-state index contributed by atoms with van der Waals surface area (Å²) < 4.78 is 0. The fourth-order valence-corrected chi connectivity index (χ4v) is 9.74. The quantitative estimate of drug-likeness (QED) is 0.0197. The molecule has 0 aliphatic carbocycles. The van der Waals surface area contributed by atoms with Crippen LogP contribution >= 0.6 is 0 Å². The average molecular weight is 1280 g/mol. The van der Waals surface area contributed by atoms with Crippen LogP contribution in [0.5, 0.6) is 0 Å². The Morgan fingerprint density at radius 2 is 0.989 bits per heavy atom. The number of nitrogens with two attached hydrogens (primary N) is 4. The van der Waals surface area contributed by atoms with Gasteiger partial charge in [0.1, 0.15) is 48.3 Å². The number of aliphatic carboxylic acids is 1. The summed E-state index contributed by atoms with van der Waals surface area (Å²) in [6.45, 7) is 5.92. The molecular weight excluding hydrogens is 1190 g/mol. The minimum absolute atomic E-state index is 0.00467. The molecule has 0 unspecified atom stereocenters.